The highest BCUT2D eigenvalue weighted by atomic mass is 19.4. The van der Waals surface area contributed by atoms with Crippen LogP contribution in [-0.2, 0) is 16.5 Å². The monoisotopic (exact) mass is 290 g/mol. The predicted molar refractivity (Wildman–Crippen MR) is 62.4 cm³/mol. The third-order valence-corrected chi connectivity index (χ3v) is 4.13. The van der Waals surface area contributed by atoms with Crippen molar-refractivity contribution in [1.29, 1.82) is 0 Å². The average Bonchev–Trinajstić information content (AvgIpc) is 2.68. The normalized spacial score (nSPS) is 33.5. The summed E-state index contributed by atoms with van der Waals surface area (Å²) in [6.45, 7) is 0. The zero-order valence-electron chi connectivity index (χ0n) is 10.6. The van der Waals surface area contributed by atoms with E-state index in [0.717, 1.165) is 18.9 Å². The zero-order valence-corrected chi connectivity index (χ0v) is 10.6. The molecular formula is C14H14F4O2. The highest BCUT2D eigenvalue weighted by Crippen LogP contribution is 2.46. The Hall–Kier alpha value is -1.14. The van der Waals surface area contributed by atoms with Crippen molar-refractivity contribution in [2.75, 3.05) is 0 Å². The minimum atomic E-state index is -4.76. The van der Waals surface area contributed by atoms with Crippen molar-refractivity contribution < 1.29 is 27.4 Å². The van der Waals surface area contributed by atoms with Crippen LogP contribution in [0.25, 0.3) is 0 Å². The molecule has 1 aromatic rings. The fraction of sp³-hybridized carbons (Fsp3) is 0.571. The highest BCUT2D eigenvalue weighted by Gasteiger charge is 2.47. The number of hydrogen-bond acceptors (Lipinski definition) is 2. The molecule has 1 aromatic carbocycles. The van der Waals surface area contributed by atoms with Gasteiger partial charge in [0.25, 0.3) is 0 Å². The molecule has 0 amide bonds. The van der Waals surface area contributed by atoms with Gasteiger partial charge in [0.15, 0.2) is 0 Å². The Labute approximate surface area is 113 Å². The summed E-state index contributed by atoms with van der Waals surface area (Å²) in [5.74, 6) is -1.37. The summed E-state index contributed by atoms with van der Waals surface area (Å²) in [5, 5.41) is 10.6. The summed E-state index contributed by atoms with van der Waals surface area (Å²) in [6.07, 6.45) is -3.37. The zero-order chi connectivity index (χ0) is 14.5. The lowest BCUT2D eigenvalue weighted by Crippen LogP contribution is -2.39. The highest BCUT2D eigenvalue weighted by molar-refractivity contribution is 5.33. The van der Waals surface area contributed by atoms with Crippen molar-refractivity contribution in [2.24, 2.45) is 0 Å². The quantitative estimate of drug-likeness (QED) is 0.804. The summed E-state index contributed by atoms with van der Waals surface area (Å²) < 4.78 is 57.9. The Morgan fingerprint density at radius 2 is 1.75 bits per heavy atom. The fourth-order valence-corrected chi connectivity index (χ4v) is 3.25. The number of benzene rings is 1. The molecule has 2 heterocycles. The van der Waals surface area contributed by atoms with Crippen molar-refractivity contribution >= 4 is 0 Å². The Bertz CT molecular complexity index is 514. The third-order valence-electron chi connectivity index (χ3n) is 4.13. The van der Waals surface area contributed by atoms with Crippen LogP contribution in [-0.4, -0.2) is 17.3 Å². The van der Waals surface area contributed by atoms with Crippen molar-refractivity contribution in [3.8, 4) is 0 Å². The van der Waals surface area contributed by atoms with Gasteiger partial charge in [-0.3, -0.25) is 0 Å². The number of aliphatic hydroxyl groups is 1. The van der Waals surface area contributed by atoms with E-state index in [2.05, 4.69) is 0 Å². The first kappa shape index (κ1) is 13.8. The molecule has 0 aromatic heterocycles. The molecule has 20 heavy (non-hydrogen) atoms. The molecular weight excluding hydrogens is 276 g/mol. The topological polar surface area (TPSA) is 29.5 Å². The summed E-state index contributed by atoms with van der Waals surface area (Å²) in [7, 11) is 0. The van der Waals surface area contributed by atoms with Crippen LogP contribution in [0.15, 0.2) is 18.2 Å². The van der Waals surface area contributed by atoms with E-state index < -0.39 is 23.2 Å². The lowest BCUT2D eigenvalue weighted by Gasteiger charge is -2.37. The molecule has 2 saturated heterocycles. The second-order valence-electron chi connectivity index (χ2n) is 5.56. The molecule has 3 rings (SSSR count). The molecule has 1 N–H and O–H groups in total. The van der Waals surface area contributed by atoms with E-state index in [1.807, 2.05) is 0 Å². The molecule has 2 bridgehead atoms. The molecule has 2 unspecified atom stereocenters. The van der Waals surface area contributed by atoms with Crippen LogP contribution in [0, 0.1) is 5.82 Å². The standard InChI is InChI=1S/C14H14F4O2/c15-12-10(2-1-3-11(12)14(16,17)18)13(19)6-8-4-5-9(7-13)20-8/h1-3,8-9,19H,4-7H2. The van der Waals surface area contributed by atoms with E-state index >= 15 is 0 Å². The van der Waals surface area contributed by atoms with Gasteiger partial charge >= 0.3 is 6.18 Å². The van der Waals surface area contributed by atoms with Gasteiger partial charge in [-0.1, -0.05) is 12.1 Å². The summed E-state index contributed by atoms with van der Waals surface area (Å²) in [5.41, 5.74) is -3.18. The van der Waals surface area contributed by atoms with Crippen LogP contribution < -0.4 is 0 Å². The second kappa shape index (κ2) is 4.43. The van der Waals surface area contributed by atoms with Gasteiger partial charge in [-0.2, -0.15) is 13.2 Å². The van der Waals surface area contributed by atoms with Crippen LogP contribution in [0.1, 0.15) is 36.8 Å². The van der Waals surface area contributed by atoms with Crippen LogP contribution in [0.3, 0.4) is 0 Å². The Morgan fingerprint density at radius 1 is 1.15 bits per heavy atom. The van der Waals surface area contributed by atoms with Gasteiger partial charge in [0.1, 0.15) is 5.82 Å². The Balaban J connectivity index is 2.02. The molecule has 0 spiro atoms. The first-order chi connectivity index (χ1) is 9.29. The maximum Gasteiger partial charge on any atom is 0.419 e. The number of alkyl halides is 3. The summed E-state index contributed by atoms with van der Waals surface area (Å²) in [6, 6.07) is 3.06. The largest absolute Gasteiger partial charge is 0.419 e. The van der Waals surface area contributed by atoms with Gasteiger partial charge in [0.2, 0.25) is 0 Å². The van der Waals surface area contributed by atoms with Gasteiger partial charge in [0, 0.05) is 18.4 Å². The van der Waals surface area contributed by atoms with Crippen LogP contribution in [0.2, 0.25) is 0 Å². The van der Waals surface area contributed by atoms with E-state index in [0.29, 0.717) is 6.07 Å². The van der Waals surface area contributed by atoms with E-state index in [1.54, 1.807) is 0 Å². The third kappa shape index (κ3) is 2.20. The predicted octanol–water partition coefficient (Wildman–Crippen LogP) is 3.37. The first-order valence-corrected chi connectivity index (χ1v) is 6.54. The van der Waals surface area contributed by atoms with Gasteiger partial charge < -0.3 is 9.84 Å². The maximum absolute atomic E-state index is 14.2. The lowest BCUT2D eigenvalue weighted by molar-refractivity contribution is -0.141. The van der Waals surface area contributed by atoms with E-state index in [1.165, 1.54) is 6.07 Å². The van der Waals surface area contributed by atoms with Crippen molar-refractivity contribution in [3.05, 3.63) is 35.1 Å². The molecule has 0 saturated carbocycles. The van der Waals surface area contributed by atoms with Crippen LogP contribution in [0.4, 0.5) is 17.6 Å². The molecule has 0 radical (unpaired) electrons. The average molecular weight is 290 g/mol. The molecule has 2 nitrogen and oxygen atoms in total. The van der Waals surface area contributed by atoms with E-state index in [-0.39, 0.29) is 30.6 Å². The van der Waals surface area contributed by atoms with E-state index in [9.17, 15) is 22.7 Å². The number of halogens is 4. The van der Waals surface area contributed by atoms with Gasteiger partial charge in [-0.15, -0.1) is 0 Å². The molecule has 2 fully saturated rings. The Morgan fingerprint density at radius 3 is 2.30 bits per heavy atom. The molecule has 6 heteroatoms. The summed E-state index contributed by atoms with van der Waals surface area (Å²) >= 11 is 0. The molecule has 2 aliphatic rings. The lowest BCUT2D eigenvalue weighted by atomic mass is 9.82. The molecule has 0 aliphatic carbocycles. The van der Waals surface area contributed by atoms with E-state index in [4.69, 9.17) is 4.74 Å². The SMILES string of the molecule is OC1(c2cccc(C(F)(F)F)c2F)CC2CCC(C1)O2. The number of rotatable bonds is 1. The fourth-order valence-electron chi connectivity index (χ4n) is 3.25. The van der Waals surface area contributed by atoms with Crippen LogP contribution >= 0.6 is 0 Å². The Kier molecular flexibility index (Phi) is 3.06. The van der Waals surface area contributed by atoms with Crippen molar-refractivity contribution in [1.82, 2.24) is 0 Å². The smallest absolute Gasteiger partial charge is 0.385 e. The van der Waals surface area contributed by atoms with Crippen molar-refractivity contribution in [2.45, 2.75) is 49.7 Å². The minimum Gasteiger partial charge on any atom is -0.385 e. The van der Waals surface area contributed by atoms with Gasteiger partial charge in [-0.05, 0) is 18.9 Å². The molecule has 110 valence electrons. The minimum absolute atomic E-state index is 0.141. The number of hydrogen-bond donors (Lipinski definition) is 1. The van der Waals surface area contributed by atoms with Gasteiger partial charge in [0.05, 0.1) is 23.4 Å². The summed E-state index contributed by atoms with van der Waals surface area (Å²) in [4.78, 5) is 0. The molecule has 2 aliphatic heterocycles. The van der Waals surface area contributed by atoms with Crippen molar-refractivity contribution in [3.63, 3.8) is 0 Å². The maximum atomic E-state index is 14.2. The number of fused-ring (bicyclic) bond motifs is 2. The molecule has 2 atom stereocenters. The first-order valence-electron chi connectivity index (χ1n) is 6.54. The number of ether oxygens (including phenoxy) is 1. The van der Waals surface area contributed by atoms with Gasteiger partial charge in [-0.25, -0.2) is 4.39 Å². The van der Waals surface area contributed by atoms with Crippen LogP contribution in [0.5, 0.6) is 0 Å². The second-order valence-corrected chi connectivity index (χ2v) is 5.56.